The molecule has 1 aromatic heterocycles. The molecule has 4 nitrogen and oxygen atoms in total. The molecular formula is C15H23NO3. The fourth-order valence-corrected chi connectivity index (χ4v) is 2.16. The highest BCUT2D eigenvalue weighted by atomic mass is 16.4. The molecule has 0 atom stereocenters. The van der Waals surface area contributed by atoms with Crippen molar-refractivity contribution in [3.8, 4) is 0 Å². The van der Waals surface area contributed by atoms with Gasteiger partial charge in [-0.05, 0) is 25.5 Å². The Bertz CT molecular complexity index is 477. The number of hydrogen-bond donors (Lipinski definition) is 1. The monoisotopic (exact) mass is 265 g/mol. The number of carbonyl (C=O) groups is 1. The van der Waals surface area contributed by atoms with Crippen molar-refractivity contribution in [2.24, 2.45) is 0 Å². The maximum Gasteiger partial charge on any atom is 0.341 e. The molecule has 0 spiro atoms. The molecule has 1 N–H and O–H groups in total. The Kier molecular flexibility index (Phi) is 6.33. The molecule has 0 saturated carbocycles. The minimum absolute atomic E-state index is 0.142. The Hall–Kier alpha value is -1.58. The number of carboxylic acids is 1. The van der Waals surface area contributed by atoms with Crippen LogP contribution >= 0.6 is 0 Å². The molecule has 1 heterocycles. The molecule has 0 aliphatic carbocycles. The van der Waals surface area contributed by atoms with Crippen molar-refractivity contribution in [2.75, 3.05) is 0 Å². The zero-order chi connectivity index (χ0) is 14.3. The number of unbranched alkanes of at least 4 members (excludes halogenated alkanes) is 5. The summed E-state index contributed by atoms with van der Waals surface area (Å²) >= 11 is 0. The van der Waals surface area contributed by atoms with Crippen LogP contribution in [0.4, 0.5) is 0 Å². The van der Waals surface area contributed by atoms with Crippen molar-refractivity contribution >= 4 is 5.97 Å². The molecule has 0 radical (unpaired) electrons. The summed E-state index contributed by atoms with van der Waals surface area (Å²) in [6.07, 6.45) is 6.91. The Labute approximate surface area is 114 Å². The SMILES string of the molecule is CCCCCCCCn1c(C)ccc(C(=O)O)c1=O. The van der Waals surface area contributed by atoms with Crippen molar-refractivity contribution < 1.29 is 9.90 Å². The molecule has 19 heavy (non-hydrogen) atoms. The van der Waals surface area contributed by atoms with E-state index in [-0.39, 0.29) is 11.1 Å². The van der Waals surface area contributed by atoms with Gasteiger partial charge in [-0.2, -0.15) is 0 Å². The highest BCUT2D eigenvalue weighted by molar-refractivity contribution is 5.87. The van der Waals surface area contributed by atoms with E-state index >= 15 is 0 Å². The van der Waals surface area contributed by atoms with Crippen molar-refractivity contribution in [3.63, 3.8) is 0 Å². The first-order valence-corrected chi connectivity index (χ1v) is 7.01. The van der Waals surface area contributed by atoms with Crippen LogP contribution in [0.1, 0.15) is 61.5 Å². The highest BCUT2D eigenvalue weighted by Gasteiger charge is 2.11. The lowest BCUT2D eigenvalue weighted by molar-refractivity contribution is 0.0694. The van der Waals surface area contributed by atoms with Gasteiger partial charge in [0.1, 0.15) is 5.56 Å². The number of aromatic carboxylic acids is 1. The fourth-order valence-electron chi connectivity index (χ4n) is 2.16. The highest BCUT2D eigenvalue weighted by Crippen LogP contribution is 2.07. The summed E-state index contributed by atoms with van der Waals surface area (Å²) in [7, 11) is 0. The third-order valence-corrected chi connectivity index (χ3v) is 3.36. The molecular weight excluding hydrogens is 242 g/mol. The second-order valence-corrected chi connectivity index (χ2v) is 4.92. The topological polar surface area (TPSA) is 59.3 Å². The van der Waals surface area contributed by atoms with E-state index < -0.39 is 5.97 Å². The zero-order valence-corrected chi connectivity index (χ0v) is 11.8. The number of nitrogens with zero attached hydrogens (tertiary/aromatic N) is 1. The third-order valence-electron chi connectivity index (χ3n) is 3.36. The number of hydrogen-bond acceptors (Lipinski definition) is 2. The van der Waals surface area contributed by atoms with Crippen LogP contribution in [-0.4, -0.2) is 15.6 Å². The van der Waals surface area contributed by atoms with E-state index in [9.17, 15) is 9.59 Å². The molecule has 0 saturated heterocycles. The van der Waals surface area contributed by atoms with Crippen LogP contribution in [0.5, 0.6) is 0 Å². The van der Waals surface area contributed by atoms with Gasteiger partial charge in [0.2, 0.25) is 0 Å². The predicted molar refractivity (Wildman–Crippen MR) is 75.8 cm³/mol. The van der Waals surface area contributed by atoms with Gasteiger partial charge in [-0.25, -0.2) is 4.79 Å². The molecule has 0 fully saturated rings. The van der Waals surface area contributed by atoms with Gasteiger partial charge >= 0.3 is 5.97 Å². The number of pyridine rings is 1. The van der Waals surface area contributed by atoms with Crippen molar-refractivity contribution in [2.45, 2.75) is 58.9 Å². The van der Waals surface area contributed by atoms with Gasteiger partial charge in [-0.1, -0.05) is 39.0 Å². The van der Waals surface area contributed by atoms with Crippen LogP contribution < -0.4 is 5.56 Å². The first kappa shape index (κ1) is 15.5. The second kappa shape index (κ2) is 7.77. The smallest absolute Gasteiger partial charge is 0.341 e. The standard InChI is InChI=1S/C15H23NO3/c1-3-4-5-6-7-8-11-16-12(2)9-10-13(14(16)17)15(18)19/h9-10H,3-8,11H2,1-2H3,(H,18,19). The van der Waals surface area contributed by atoms with E-state index in [1.165, 1.54) is 31.7 Å². The molecule has 0 aliphatic heterocycles. The van der Waals surface area contributed by atoms with Crippen molar-refractivity contribution in [1.29, 1.82) is 0 Å². The summed E-state index contributed by atoms with van der Waals surface area (Å²) in [5, 5.41) is 8.94. The quantitative estimate of drug-likeness (QED) is 0.734. The van der Waals surface area contributed by atoms with Gasteiger partial charge in [0, 0.05) is 12.2 Å². The average molecular weight is 265 g/mol. The van der Waals surface area contributed by atoms with E-state index in [1.807, 2.05) is 6.92 Å². The maximum atomic E-state index is 12.0. The summed E-state index contributed by atoms with van der Waals surface area (Å²) in [6.45, 7) is 4.63. The lowest BCUT2D eigenvalue weighted by atomic mass is 10.1. The molecule has 0 aliphatic rings. The van der Waals surface area contributed by atoms with Gasteiger partial charge in [0.15, 0.2) is 0 Å². The zero-order valence-electron chi connectivity index (χ0n) is 11.8. The minimum atomic E-state index is -1.15. The number of aryl methyl sites for hydroxylation is 1. The van der Waals surface area contributed by atoms with E-state index in [0.717, 1.165) is 18.5 Å². The molecule has 0 unspecified atom stereocenters. The molecule has 1 rings (SSSR count). The molecule has 4 heteroatoms. The van der Waals surface area contributed by atoms with E-state index in [1.54, 1.807) is 10.6 Å². The largest absolute Gasteiger partial charge is 0.477 e. The Balaban J connectivity index is 2.60. The Morgan fingerprint density at radius 2 is 1.79 bits per heavy atom. The lowest BCUT2D eigenvalue weighted by Gasteiger charge is -2.10. The van der Waals surface area contributed by atoms with E-state index in [0.29, 0.717) is 6.54 Å². The second-order valence-electron chi connectivity index (χ2n) is 4.92. The number of rotatable bonds is 8. The summed E-state index contributed by atoms with van der Waals surface area (Å²) in [5.74, 6) is -1.15. The first-order chi connectivity index (χ1) is 9.07. The fraction of sp³-hybridized carbons (Fsp3) is 0.600. The summed E-state index contributed by atoms with van der Waals surface area (Å²) in [4.78, 5) is 22.9. The minimum Gasteiger partial charge on any atom is -0.477 e. The summed E-state index contributed by atoms with van der Waals surface area (Å²) in [6, 6.07) is 3.08. The van der Waals surface area contributed by atoms with Gasteiger partial charge in [-0.15, -0.1) is 0 Å². The number of carboxylic acid groups (broad SMARTS) is 1. The van der Waals surface area contributed by atoms with Crippen LogP contribution in [0.15, 0.2) is 16.9 Å². The molecule has 0 amide bonds. The first-order valence-electron chi connectivity index (χ1n) is 7.01. The Morgan fingerprint density at radius 1 is 1.16 bits per heavy atom. The summed E-state index contributed by atoms with van der Waals surface area (Å²) < 4.78 is 1.57. The summed E-state index contributed by atoms with van der Waals surface area (Å²) in [5.41, 5.74) is 0.293. The third kappa shape index (κ3) is 4.54. The lowest BCUT2D eigenvalue weighted by Crippen LogP contribution is -2.27. The number of aromatic nitrogens is 1. The van der Waals surface area contributed by atoms with Gasteiger partial charge in [0.25, 0.3) is 5.56 Å². The Morgan fingerprint density at radius 3 is 2.42 bits per heavy atom. The van der Waals surface area contributed by atoms with Crippen LogP contribution in [0.3, 0.4) is 0 Å². The molecule has 1 aromatic rings. The van der Waals surface area contributed by atoms with Gasteiger partial charge in [0.05, 0.1) is 0 Å². The van der Waals surface area contributed by atoms with Crippen LogP contribution in [0, 0.1) is 6.92 Å². The maximum absolute atomic E-state index is 12.0. The van der Waals surface area contributed by atoms with Gasteiger partial charge < -0.3 is 9.67 Å². The normalized spacial score (nSPS) is 10.6. The predicted octanol–water partition coefficient (Wildman–Crippen LogP) is 3.22. The van der Waals surface area contributed by atoms with Crippen LogP contribution in [0.25, 0.3) is 0 Å². The molecule has 106 valence electrons. The van der Waals surface area contributed by atoms with E-state index in [2.05, 4.69) is 6.92 Å². The molecule has 0 bridgehead atoms. The average Bonchev–Trinajstić information content (AvgIpc) is 2.36. The van der Waals surface area contributed by atoms with Crippen LogP contribution in [-0.2, 0) is 6.54 Å². The van der Waals surface area contributed by atoms with Gasteiger partial charge in [-0.3, -0.25) is 4.79 Å². The van der Waals surface area contributed by atoms with Crippen molar-refractivity contribution in [1.82, 2.24) is 4.57 Å². The van der Waals surface area contributed by atoms with Crippen molar-refractivity contribution in [3.05, 3.63) is 33.7 Å². The van der Waals surface area contributed by atoms with Crippen LogP contribution in [0.2, 0.25) is 0 Å². The van der Waals surface area contributed by atoms with E-state index in [4.69, 9.17) is 5.11 Å². The molecule has 0 aromatic carbocycles.